The number of carbonyl (C=O) groups is 1. The van der Waals surface area contributed by atoms with Crippen molar-refractivity contribution in [1.29, 1.82) is 0 Å². The first-order chi connectivity index (χ1) is 9.93. The van der Waals surface area contributed by atoms with Crippen molar-refractivity contribution in [3.63, 3.8) is 0 Å². The van der Waals surface area contributed by atoms with Crippen molar-refractivity contribution >= 4 is 5.97 Å². The van der Waals surface area contributed by atoms with Crippen molar-refractivity contribution in [2.24, 2.45) is 16.7 Å². The van der Waals surface area contributed by atoms with Gasteiger partial charge in [0.1, 0.15) is 6.10 Å². The van der Waals surface area contributed by atoms with E-state index < -0.39 is 5.97 Å². The van der Waals surface area contributed by atoms with Crippen LogP contribution in [0.5, 0.6) is 0 Å². The van der Waals surface area contributed by atoms with Gasteiger partial charge in [0.25, 0.3) is 0 Å². The van der Waals surface area contributed by atoms with Crippen molar-refractivity contribution in [1.82, 2.24) is 0 Å². The van der Waals surface area contributed by atoms with Crippen molar-refractivity contribution < 1.29 is 9.53 Å². The van der Waals surface area contributed by atoms with E-state index in [4.69, 9.17) is 4.74 Å². The van der Waals surface area contributed by atoms with Gasteiger partial charge in [-0.25, -0.2) is 4.79 Å². The second kappa shape index (κ2) is 4.91. The van der Waals surface area contributed by atoms with Crippen LogP contribution in [0.2, 0.25) is 0 Å². The summed E-state index contributed by atoms with van der Waals surface area (Å²) in [6.45, 7) is 6.89. The largest absolute Gasteiger partial charge is 0.452 e. The van der Waals surface area contributed by atoms with Gasteiger partial charge in [0.2, 0.25) is 0 Å². The third-order valence-corrected chi connectivity index (χ3v) is 6.05. The van der Waals surface area contributed by atoms with Gasteiger partial charge in [-0.1, -0.05) is 44.9 Å². The highest BCUT2D eigenvalue weighted by Gasteiger charge is 2.62. The third kappa shape index (κ3) is 2.25. The van der Waals surface area contributed by atoms with Crippen LogP contribution in [0, 0.1) is 28.6 Å². The van der Waals surface area contributed by atoms with Crippen LogP contribution >= 0.6 is 0 Å². The Balaban J connectivity index is 1.69. The Morgan fingerprint density at radius 2 is 1.95 bits per heavy atom. The molecule has 2 fully saturated rings. The van der Waals surface area contributed by atoms with Crippen LogP contribution in [0.15, 0.2) is 30.3 Å². The van der Waals surface area contributed by atoms with Gasteiger partial charge >= 0.3 is 5.97 Å². The van der Waals surface area contributed by atoms with E-state index in [1.54, 1.807) is 0 Å². The average molecular weight is 282 g/mol. The Morgan fingerprint density at radius 1 is 1.24 bits per heavy atom. The number of rotatable bonds is 1. The predicted octanol–water partition coefficient (Wildman–Crippen LogP) is 3.80. The summed E-state index contributed by atoms with van der Waals surface area (Å²) in [5.41, 5.74) is 1.20. The summed E-state index contributed by atoms with van der Waals surface area (Å²) in [5, 5.41) is 0. The van der Waals surface area contributed by atoms with E-state index in [0.29, 0.717) is 5.92 Å². The molecule has 0 radical (unpaired) electrons. The first kappa shape index (κ1) is 14.2. The SMILES string of the molecule is CC1(C)[C@@H]2CC[C@@]1(C)[C@H](OC(=O)C#Cc1ccccc1)C2. The molecule has 1 aromatic rings. The van der Waals surface area contributed by atoms with E-state index in [1.807, 2.05) is 30.3 Å². The minimum atomic E-state index is -0.395. The summed E-state index contributed by atoms with van der Waals surface area (Å²) >= 11 is 0. The predicted molar refractivity (Wildman–Crippen MR) is 82.4 cm³/mol. The summed E-state index contributed by atoms with van der Waals surface area (Å²) in [4.78, 5) is 12.0. The van der Waals surface area contributed by atoms with E-state index in [2.05, 4.69) is 32.6 Å². The monoisotopic (exact) mass is 282 g/mol. The van der Waals surface area contributed by atoms with Crippen LogP contribution in [0.4, 0.5) is 0 Å². The average Bonchev–Trinajstić information content (AvgIpc) is 2.79. The van der Waals surface area contributed by atoms with Crippen molar-refractivity contribution in [3.8, 4) is 11.8 Å². The molecular formula is C19H22O2. The molecule has 0 aliphatic heterocycles. The maximum atomic E-state index is 12.0. The molecule has 21 heavy (non-hydrogen) atoms. The fraction of sp³-hybridized carbons (Fsp3) is 0.526. The molecule has 2 bridgehead atoms. The van der Waals surface area contributed by atoms with Gasteiger partial charge in [0, 0.05) is 16.9 Å². The fourth-order valence-corrected chi connectivity index (χ4v) is 4.11. The second-order valence-corrected chi connectivity index (χ2v) is 7.12. The molecule has 2 aliphatic rings. The van der Waals surface area contributed by atoms with Crippen LogP contribution in [-0.4, -0.2) is 12.1 Å². The maximum Gasteiger partial charge on any atom is 0.385 e. The summed E-state index contributed by atoms with van der Waals surface area (Å²) in [6.07, 6.45) is 3.41. The van der Waals surface area contributed by atoms with Crippen LogP contribution in [0.25, 0.3) is 0 Å². The summed E-state index contributed by atoms with van der Waals surface area (Å²) in [7, 11) is 0. The van der Waals surface area contributed by atoms with E-state index in [-0.39, 0.29) is 16.9 Å². The summed E-state index contributed by atoms with van der Waals surface area (Å²) in [5.74, 6) is 5.76. The lowest BCUT2D eigenvalue weighted by Gasteiger charge is -2.38. The number of hydrogen-bond acceptors (Lipinski definition) is 2. The molecule has 2 heteroatoms. The molecule has 0 heterocycles. The molecule has 2 aliphatic carbocycles. The fourth-order valence-electron chi connectivity index (χ4n) is 4.11. The second-order valence-electron chi connectivity index (χ2n) is 7.12. The Bertz CT molecular complexity index is 605. The van der Waals surface area contributed by atoms with Gasteiger partial charge < -0.3 is 4.74 Å². The van der Waals surface area contributed by atoms with Crippen LogP contribution in [0.3, 0.4) is 0 Å². The number of carbonyl (C=O) groups excluding carboxylic acids is 1. The van der Waals surface area contributed by atoms with Crippen molar-refractivity contribution in [2.45, 2.75) is 46.1 Å². The van der Waals surface area contributed by atoms with E-state index in [1.165, 1.54) is 6.42 Å². The van der Waals surface area contributed by atoms with Crippen molar-refractivity contribution in [2.75, 3.05) is 0 Å². The van der Waals surface area contributed by atoms with Gasteiger partial charge in [-0.3, -0.25) is 0 Å². The molecule has 1 aromatic carbocycles. The Morgan fingerprint density at radius 3 is 2.52 bits per heavy atom. The van der Waals surface area contributed by atoms with Crippen LogP contribution < -0.4 is 0 Å². The highest BCUT2D eigenvalue weighted by molar-refractivity contribution is 5.89. The molecule has 2 saturated carbocycles. The van der Waals surface area contributed by atoms with Gasteiger partial charge in [0.15, 0.2) is 0 Å². The molecule has 3 atom stereocenters. The highest BCUT2D eigenvalue weighted by Crippen LogP contribution is 2.66. The van der Waals surface area contributed by atoms with Gasteiger partial charge in [-0.15, -0.1) is 0 Å². The highest BCUT2D eigenvalue weighted by atomic mass is 16.5. The first-order valence-corrected chi connectivity index (χ1v) is 7.71. The standard InChI is InChI=1S/C19H22O2/c1-18(2)15-11-12-19(18,3)16(13-15)21-17(20)10-9-14-7-5-4-6-8-14/h4-8,15-16H,11-13H2,1-3H3/t15-,16-,19+/m1/s1. The zero-order valence-corrected chi connectivity index (χ0v) is 13.0. The quantitative estimate of drug-likeness (QED) is 0.578. The topological polar surface area (TPSA) is 26.3 Å². The molecule has 110 valence electrons. The number of hydrogen-bond donors (Lipinski definition) is 0. The summed E-state index contributed by atoms with van der Waals surface area (Å²) in [6, 6.07) is 9.54. The lowest BCUT2D eigenvalue weighted by atomic mass is 9.70. The van der Waals surface area contributed by atoms with Gasteiger partial charge in [-0.05, 0) is 42.7 Å². The van der Waals surface area contributed by atoms with Crippen LogP contribution in [-0.2, 0) is 9.53 Å². The molecule has 2 nitrogen and oxygen atoms in total. The Kier molecular flexibility index (Phi) is 3.32. The third-order valence-electron chi connectivity index (χ3n) is 6.05. The molecule has 0 aromatic heterocycles. The Labute approximate surface area is 126 Å². The molecule has 0 saturated heterocycles. The van der Waals surface area contributed by atoms with Gasteiger partial charge in [0.05, 0.1) is 0 Å². The van der Waals surface area contributed by atoms with E-state index in [0.717, 1.165) is 18.4 Å². The molecule has 0 amide bonds. The summed E-state index contributed by atoms with van der Waals surface area (Å²) < 4.78 is 5.69. The van der Waals surface area contributed by atoms with E-state index in [9.17, 15) is 4.79 Å². The lowest BCUT2D eigenvalue weighted by Crippen LogP contribution is -2.38. The molecular weight excluding hydrogens is 260 g/mol. The van der Waals surface area contributed by atoms with Crippen LogP contribution in [0.1, 0.15) is 45.6 Å². The number of benzene rings is 1. The zero-order chi connectivity index (χ0) is 15.1. The minimum absolute atomic E-state index is 0.0174. The number of esters is 1. The minimum Gasteiger partial charge on any atom is -0.452 e. The maximum absolute atomic E-state index is 12.0. The molecule has 3 rings (SSSR count). The Hall–Kier alpha value is -1.75. The lowest BCUT2D eigenvalue weighted by molar-refractivity contribution is -0.149. The van der Waals surface area contributed by atoms with Crippen molar-refractivity contribution in [3.05, 3.63) is 35.9 Å². The molecule has 0 spiro atoms. The number of fused-ring (bicyclic) bond motifs is 2. The molecule has 0 N–H and O–H groups in total. The zero-order valence-electron chi connectivity index (χ0n) is 13.0. The molecule has 0 unspecified atom stereocenters. The first-order valence-electron chi connectivity index (χ1n) is 7.71. The van der Waals surface area contributed by atoms with Gasteiger partial charge in [-0.2, -0.15) is 0 Å². The normalized spacial score (nSPS) is 32.3. The number of ether oxygens (including phenoxy) is 1. The smallest absolute Gasteiger partial charge is 0.385 e. The van der Waals surface area contributed by atoms with E-state index >= 15 is 0 Å².